The highest BCUT2D eigenvalue weighted by Crippen LogP contribution is 2.31. The van der Waals surface area contributed by atoms with E-state index in [2.05, 4.69) is 6.58 Å². The Kier molecular flexibility index (Phi) is 6.51. The smallest absolute Gasteiger partial charge is 0.329 e. The Morgan fingerprint density at radius 1 is 1.38 bits per heavy atom. The van der Waals surface area contributed by atoms with Crippen LogP contribution in [-0.4, -0.2) is 48.4 Å². The van der Waals surface area contributed by atoms with Crippen LogP contribution in [0.4, 0.5) is 0 Å². The molecule has 1 fully saturated rings. The predicted octanol–water partition coefficient (Wildman–Crippen LogP) is 2.38. The number of carboxylic acids is 1. The zero-order chi connectivity index (χ0) is 17.6. The Hall–Kier alpha value is -1.73. The average molecular weight is 336 g/mol. The van der Waals surface area contributed by atoms with E-state index in [1.54, 1.807) is 13.8 Å². The quantitative estimate of drug-likeness (QED) is 0.698. The summed E-state index contributed by atoms with van der Waals surface area (Å²) in [6.07, 6.45) is 0.0871. The number of carboxylic acid groups (broad SMARTS) is 1. The number of carbonyl (C=O) groups is 1. The topological polar surface area (TPSA) is 74.2 Å². The molecule has 1 aliphatic heterocycles. The Morgan fingerprint density at radius 3 is 2.71 bits per heavy atom. The fraction of sp³-hybridized carbons (Fsp3) is 0.500. The van der Waals surface area contributed by atoms with Crippen molar-refractivity contribution in [2.75, 3.05) is 13.2 Å². The molecule has 1 saturated heterocycles. The van der Waals surface area contributed by atoms with Gasteiger partial charge in [0.1, 0.15) is 24.9 Å². The van der Waals surface area contributed by atoms with Gasteiger partial charge in [-0.15, -0.1) is 6.58 Å². The lowest BCUT2D eigenvalue weighted by atomic mass is 10.1. The summed E-state index contributed by atoms with van der Waals surface area (Å²) in [5, 5.41) is 8.78. The minimum atomic E-state index is -1.04. The molecule has 0 unspecified atom stereocenters. The molecule has 2 rings (SSSR count). The highest BCUT2D eigenvalue weighted by molar-refractivity contribution is 5.68. The Labute approximate surface area is 142 Å². The summed E-state index contributed by atoms with van der Waals surface area (Å²) < 4.78 is 22.8. The van der Waals surface area contributed by atoms with Gasteiger partial charge in [0.25, 0.3) is 0 Å². The standard InChI is InChI=1S/C18H24O6/c1-4-14(22-12-16(19)20)17-15(23-18(2,3)24-17)11-21-10-13-8-6-5-7-9-13/h4-9,14-15,17H,1,10-12H2,2-3H3,(H,19,20)/t14-,15-,17-/m1/s1. The third kappa shape index (κ3) is 5.42. The number of rotatable bonds is 9. The van der Waals surface area contributed by atoms with Crippen molar-refractivity contribution in [3.8, 4) is 0 Å². The van der Waals surface area contributed by atoms with Crippen LogP contribution in [0.2, 0.25) is 0 Å². The lowest BCUT2D eigenvalue weighted by Gasteiger charge is -2.23. The molecule has 0 aromatic heterocycles. The lowest BCUT2D eigenvalue weighted by Crippen LogP contribution is -2.39. The molecule has 0 saturated carbocycles. The van der Waals surface area contributed by atoms with E-state index in [0.717, 1.165) is 5.56 Å². The molecule has 24 heavy (non-hydrogen) atoms. The summed E-state index contributed by atoms with van der Waals surface area (Å²) in [4.78, 5) is 10.7. The largest absolute Gasteiger partial charge is 0.480 e. The second-order valence-corrected chi connectivity index (χ2v) is 6.04. The van der Waals surface area contributed by atoms with Crippen LogP contribution < -0.4 is 0 Å². The van der Waals surface area contributed by atoms with E-state index in [9.17, 15) is 4.79 Å². The summed E-state index contributed by atoms with van der Waals surface area (Å²) in [6.45, 7) is 7.65. The maximum Gasteiger partial charge on any atom is 0.329 e. The van der Waals surface area contributed by atoms with Gasteiger partial charge in [0, 0.05) is 0 Å². The monoisotopic (exact) mass is 336 g/mol. The third-order valence-electron chi connectivity index (χ3n) is 3.57. The highest BCUT2D eigenvalue weighted by Gasteiger charge is 2.45. The number of hydrogen-bond donors (Lipinski definition) is 1. The highest BCUT2D eigenvalue weighted by atomic mass is 16.8. The molecule has 1 aromatic rings. The van der Waals surface area contributed by atoms with Gasteiger partial charge in [-0.05, 0) is 19.4 Å². The molecule has 0 spiro atoms. The Balaban J connectivity index is 1.94. The predicted molar refractivity (Wildman–Crippen MR) is 87.5 cm³/mol. The Morgan fingerprint density at radius 2 is 2.08 bits per heavy atom. The number of benzene rings is 1. The maximum absolute atomic E-state index is 10.7. The van der Waals surface area contributed by atoms with Gasteiger partial charge in [0.2, 0.25) is 0 Å². The molecule has 6 heteroatoms. The van der Waals surface area contributed by atoms with E-state index < -0.39 is 30.6 Å². The molecule has 1 aliphatic rings. The van der Waals surface area contributed by atoms with Crippen molar-refractivity contribution < 1.29 is 28.8 Å². The molecule has 0 amide bonds. The van der Waals surface area contributed by atoms with Crippen LogP contribution in [-0.2, 0) is 30.3 Å². The minimum Gasteiger partial charge on any atom is -0.480 e. The third-order valence-corrected chi connectivity index (χ3v) is 3.57. The van der Waals surface area contributed by atoms with Gasteiger partial charge in [-0.2, -0.15) is 0 Å². The fourth-order valence-corrected chi connectivity index (χ4v) is 2.60. The Bertz CT molecular complexity index is 542. The lowest BCUT2D eigenvalue weighted by molar-refractivity contribution is -0.161. The van der Waals surface area contributed by atoms with E-state index in [1.807, 2.05) is 30.3 Å². The summed E-state index contributed by atoms with van der Waals surface area (Å²) in [6, 6.07) is 9.82. The first-order valence-electron chi connectivity index (χ1n) is 7.84. The summed E-state index contributed by atoms with van der Waals surface area (Å²) in [5.74, 6) is -1.84. The molecule has 6 nitrogen and oxygen atoms in total. The van der Waals surface area contributed by atoms with Crippen LogP contribution in [0.1, 0.15) is 19.4 Å². The van der Waals surface area contributed by atoms with E-state index in [4.69, 9.17) is 24.1 Å². The van der Waals surface area contributed by atoms with Gasteiger partial charge in [-0.1, -0.05) is 36.4 Å². The average Bonchev–Trinajstić information content (AvgIpc) is 2.84. The van der Waals surface area contributed by atoms with Gasteiger partial charge in [0.15, 0.2) is 5.79 Å². The van der Waals surface area contributed by atoms with E-state index in [-0.39, 0.29) is 6.10 Å². The van der Waals surface area contributed by atoms with E-state index in [0.29, 0.717) is 13.2 Å². The molecule has 1 heterocycles. The first-order valence-corrected chi connectivity index (χ1v) is 7.84. The number of hydrogen-bond acceptors (Lipinski definition) is 5. The van der Waals surface area contributed by atoms with Gasteiger partial charge in [-0.3, -0.25) is 0 Å². The minimum absolute atomic E-state index is 0.309. The fourth-order valence-electron chi connectivity index (χ4n) is 2.60. The summed E-state index contributed by atoms with van der Waals surface area (Å²) in [5.41, 5.74) is 1.06. The van der Waals surface area contributed by atoms with E-state index in [1.165, 1.54) is 6.08 Å². The van der Waals surface area contributed by atoms with Crippen LogP contribution in [0.15, 0.2) is 43.0 Å². The maximum atomic E-state index is 10.7. The molecule has 0 bridgehead atoms. The molecule has 1 aromatic carbocycles. The molecule has 0 radical (unpaired) electrons. The van der Waals surface area contributed by atoms with Crippen molar-refractivity contribution in [2.24, 2.45) is 0 Å². The van der Waals surface area contributed by atoms with Crippen LogP contribution in [0.25, 0.3) is 0 Å². The van der Waals surface area contributed by atoms with Crippen molar-refractivity contribution in [3.05, 3.63) is 48.6 Å². The molecule has 3 atom stereocenters. The van der Waals surface area contributed by atoms with Crippen molar-refractivity contribution in [1.82, 2.24) is 0 Å². The van der Waals surface area contributed by atoms with Gasteiger partial charge >= 0.3 is 5.97 Å². The van der Waals surface area contributed by atoms with Crippen LogP contribution >= 0.6 is 0 Å². The zero-order valence-electron chi connectivity index (χ0n) is 14.0. The molecule has 132 valence electrons. The second-order valence-electron chi connectivity index (χ2n) is 6.04. The van der Waals surface area contributed by atoms with E-state index >= 15 is 0 Å². The van der Waals surface area contributed by atoms with Crippen LogP contribution in [0.3, 0.4) is 0 Å². The summed E-state index contributed by atoms with van der Waals surface area (Å²) >= 11 is 0. The second kappa shape index (κ2) is 8.39. The number of aliphatic carboxylic acids is 1. The number of ether oxygens (including phenoxy) is 4. The van der Waals surface area contributed by atoms with Crippen molar-refractivity contribution >= 4 is 5.97 Å². The normalized spacial score (nSPS) is 23.8. The van der Waals surface area contributed by atoms with Crippen molar-refractivity contribution in [1.29, 1.82) is 0 Å². The molecule has 0 aliphatic carbocycles. The van der Waals surface area contributed by atoms with Crippen molar-refractivity contribution in [2.45, 2.75) is 44.6 Å². The molecular weight excluding hydrogens is 312 g/mol. The first-order chi connectivity index (χ1) is 11.4. The molecular formula is C18H24O6. The summed E-state index contributed by atoms with van der Waals surface area (Å²) in [7, 11) is 0. The van der Waals surface area contributed by atoms with Crippen LogP contribution in [0, 0.1) is 0 Å². The van der Waals surface area contributed by atoms with Gasteiger partial charge in [0.05, 0.1) is 13.2 Å². The van der Waals surface area contributed by atoms with Crippen LogP contribution in [0.5, 0.6) is 0 Å². The SMILES string of the molecule is C=C[C@@H](OCC(=O)O)[C@H]1OC(C)(C)O[C@@H]1COCc1ccccc1. The zero-order valence-corrected chi connectivity index (χ0v) is 14.0. The first kappa shape index (κ1) is 18.6. The van der Waals surface area contributed by atoms with Crippen molar-refractivity contribution in [3.63, 3.8) is 0 Å². The molecule has 1 N–H and O–H groups in total. The van der Waals surface area contributed by atoms with Gasteiger partial charge in [-0.25, -0.2) is 4.79 Å². The van der Waals surface area contributed by atoms with Gasteiger partial charge < -0.3 is 24.1 Å².